The molecule has 8 nitrogen and oxygen atoms in total. The van der Waals surface area contributed by atoms with Gasteiger partial charge in [-0.05, 0) is 36.1 Å². The Bertz CT molecular complexity index is 1120. The van der Waals surface area contributed by atoms with Gasteiger partial charge in [0.1, 0.15) is 0 Å². The van der Waals surface area contributed by atoms with Crippen LogP contribution in [0, 0.1) is 12.3 Å². The molecular weight excluding hydrogens is 452 g/mol. The molecule has 2 aromatic rings. The van der Waals surface area contributed by atoms with Gasteiger partial charge in [0, 0.05) is 38.3 Å². The summed E-state index contributed by atoms with van der Waals surface area (Å²) >= 11 is 0. The number of rotatable bonds is 9. The molecule has 184 valence electrons. The van der Waals surface area contributed by atoms with E-state index in [1.54, 1.807) is 0 Å². The molecule has 1 aliphatic rings. The lowest BCUT2D eigenvalue weighted by Crippen LogP contribution is -2.51. The predicted octanol–water partition coefficient (Wildman–Crippen LogP) is 1.92. The molecule has 0 saturated carbocycles. The Morgan fingerprint density at radius 3 is 2.56 bits per heavy atom. The average molecular weight is 487 g/mol. The van der Waals surface area contributed by atoms with Crippen LogP contribution < -0.4 is 10.6 Å². The number of hydrogen-bond donors (Lipinski definition) is 3. The molecule has 0 aromatic heterocycles. The van der Waals surface area contributed by atoms with Crippen LogP contribution in [0.3, 0.4) is 0 Å². The number of carbonyl (C=O) groups excluding carboxylic acids is 1. The van der Waals surface area contributed by atoms with Gasteiger partial charge in [0.2, 0.25) is 10.0 Å². The Balaban J connectivity index is 1.60. The van der Waals surface area contributed by atoms with Crippen molar-refractivity contribution in [2.24, 2.45) is 0 Å². The second kappa shape index (κ2) is 11.7. The first kappa shape index (κ1) is 26.0. The number of nitrogens with zero attached hydrogens (tertiary/aromatic N) is 2. The average Bonchev–Trinajstić information content (AvgIpc) is 2.83. The zero-order valence-electron chi connectivity index (χ0n) is 19.8. The highest BCUT2D eigenvalue weighted by molar-refractivity contribution is 7.88. The number of urea groups is 1. The molecule has 1 saturated heterocycles. The summed E-state index contributed by atoms with van der Waals surface area (Å²) in [6.07, 6.45) is 6.58. The summed E-state index contributed by atoms with van der Waals surface area (Å²) in [5, 5.41) is 17.8. The fourth-order valence-corrected chi connectivity index (χ4v) is 5.80. The van der Waals surface area contributed by atoms with E-state index in [1.807, 2.05) is 12.1 Å². The fourth-order valence-electron chi connectivity index (χ4n) is 4.60. The highest BCUT2D eigenvalue weighted by atomic mass is 32.2. The van der Waals surface area contributed by atoms with Crippen LogP contribution in [0.1, 0.15) is 31.4 Å². The minimum atomic E-state index is -3.53. The Labute approximate surface area is 202 Å². The van der Waals surface area contributed by atoms with E-state index < -0.39 is 22.2 Å². The molecule has 2 atom stereocenters. The van der Waals surface area contributed by atoms with Crippen LogP contribution in [0.4, 0.5) is 4.79 Å². The van der Waals surface area contributed by atoms with E-state index >= 15 is 0 Å². The summed E-state index contributed by atoms with van der Waals surface area (Å²) < 4.78 is 26.4. The normalized spacial score (nSPS) is 17.3. The zero-order chi connectivity index (χ0) is 24.7. The van der Waals surface area contributed by atoms with E-state index in [-0.39, 0.29) is 31.7 Å². The van der Waals surface area contributed by atoms with E-state index in [9.17, 15) is 18.3 Å². The van der Waals surface area contributed by atoms with Crippen molar-refractivity contribution in [3.8, 4) is 12.3 Å². The number of amides is 2. The topological polar surface area (TPSA) is 102 Å². The lowest BCUT2D eigenvalue weighted by molar-refractivity contribution is 0.0925. The number of piperidine rings is 1. The molecule has 9 heteroatoms. The molecule has 1 fully saturated rings. The summed E-state index contributed by atoms with van der Waals surface area (Å²) in [7, 11) is -3.53. The van der Waals surface area contributed by atoms with Crippen molar-refractivity contribution in [1.82, 2.24) is 19.8 Å². The fraction of sp³-hybridized carbons (Fsp3) is 0.480. The van der Waals surface area contributed by atoms with Crippen molar-refractivity contribution in [1.29, 1.82) is 0 Å². The van der Waals surface area contributed by atoms with Gasteiger partial charge < -0.3 is 15.7 Å². The molecule has 3 rings (SSSR count). The van der Waals surface area contributed by atoms with Crippen molar-refractivity contribution in [2.75, 3.05) is 39.0 Å². The molecule has 2 unspecified atom stereocenters. The minimum Gasteiger partial charge on any atom is -0.390 e. The third-order valence-electron chi connectivity index (χ3n) is 6.39. The molecule has 0 bridgehead atoms. The van der Waals surface area contributed by atoms with Crippen LogP contribution in [0.5, 0.6) is 0 Å². The molecular formula is C25H34N4O4S. The van der Waals surface area contributed by atoms with E-state index in [2.05, 4.69) is 58.7 Å². The quantitative estimate of drug-likeness (QED) is 0.470. The van der Waals surface area contributed by atoms with Crippen molar-refractivity contribution in [3.63, 3.8) is 0 Å². The number of hydrogen-bond acceptors (Lipinski definition) is 5. The van der Waals surface area contributed by atoms with Crippen LogP contribution in [0.2, 0.25) is 0 Å². The third kappa shape index (κ3) is 6.70. The number of aliphatic hydroxyl groups excluding tert-OH is 1. The summed E-state index contributed by atoms with van der Waals surface area (Å²) in [6.45, 7) is 3.63. The van der Waals surface area contributed by atoms with Gasteiger partial charge in [-0.15, -0.1) is 6.42 Å². The molecule has 2 amide bonds. The lowest BCUT2D eigenvalue weighted by Gasteiger charge is -2.40. The zero-order valence-corrected chi connectivity index (χ0v) is 20.6. The molecule has 34 heavy (non-hydrogen) atoms. The first-order chi connectivity index (χ1) is 16.2. The van der Waals surface area contributed by atoms with Gasteiger partial charge in [0.05, 0.1) is 18.9 Å². The number of carbonyl (C=O) groups is 1. The molecule has 0 radical (unpaired) electrons. The monoisotopic (exact) mass is 486 g/mol. The maximum Gasteiger partial charge on any atom is 0.315 e. The first-order valence-electron chi connectivity index (χ1n) is 11.5. The second-order valence-corrected chi connectivity index (χ2v) is 10.7. The molecule has 3 N–H and O–H groups in total. The highest BCUT2D eigenvalue weighted by Crippen LogP contribution is 2.31. The van der Waals surface area contributed by atoms with Crippen LogP contribution in [-0.2, 0) is 10.0 Å². The van der Waals surface area contributed by atoms with Gasteiger partial charge in [0.25, 0.3) is 0 Å². The highest BCUT2D eigenvalue weighted by Gasteiger charge is 2.33. The Hall–Kier alpha value is -2.64. The smallest absolute Gasteiger partial charge is 0.315 e. The van der Waals surface area contributed by atoms with Crippen LogP contribution in [0.15, 0.2) is 42.5 Å². The molecule has 0 spiro atoms. The Kier molecular flexibility index (Phi) is 8.91. The number of sulfonamides is 1. The maximum absolute atomic E-state index is 12.5. The molecule has 1 heterocycles. The van der Waals surface area contributed by atoms with Gasteiger partial charge in [0.15, 0.2) is 0 Å². The molecule has 2 aromatic carbocycles. The van der Waals surface area contributed by atoms with Gasteiger partial charge in [-0.2, -0.15) is 4.31 Å². The minimum absolute atomic E-state index is 0.0701. The van der Waals surface area contributed by atoms with Crippen LogP contribution in [0.25, 0.3) is 10.8 Å². The number of aliphatic hydroxyl groups is 1. The van der Waals surface area contributed by atoms with Gasteiger partial charge in [-0.25, -0.2) is 13.2 Å². The maximum atomic E-state index is 12.5. The number of likely N-dealkylation sites (tertiary alicyclic amines) is 1. The summed E-state index contributed by atoms with van der Waals surface area (Å²) in [5.74, 6) is 2.29. The first-order valence-corrected chi connectivity index (χ1v) is 13.4. The SMILES string of the molecule is C#CCNC(=O)NCC(O)CN(C1CCN(C(C)c2cccc3ccccc23)CC1)S(C)(=O)=O. The van der Waals surface area contributed by atoms with Crippen molar-refractivity contribution in [2.45, 2.75) is 38.0 Å². The number of benzene rings is 2. The van der Waals surface area contributed by atoms with E-state index in [0.717, 1.165) is 19.3 Å². The second-order valence-electron chi connectivity index (χ2n) is 8.77. The van der Waals surface area contributed by atoms with E-state index in [1.165, 1.54) is 20.6 Å². The summed E-state index contributed by atoms with van der Waals surface area (Å²) in [4.78, 5) is 14.0. The molecule has 0 aliphatic carbocycles. The Morgan fingerprint density at radius 1 is 1.21 bits per heavy atom. The van der Waals surface area contributed by atoms with Crippen molar-refractivity contribution >= 4 is 26.8 Å². The predicted molar refractivity (Wildman–Crippen MR) is 135 cm³/mol. The van der Waals surface area contributed by atoms with Crippen molar-refractivity contribution < 1.29 is 18.3 Å². The number of nitrogens with one attached hydrogen (secondary N) is 2. The van der Waals surface area contributed by atoms with Gasteiger partial charge in [-0.1, -0.05) is 48.4 Å². The number of terminal acetylenes is 1. The largest absolute Gasteiger partial charge is 0.390 e. The standard InChI is InChI=1S/C25H34N4O4S/c1-4-14-26-25(31)27-17-22(30)18-29(34(3,32)33)21-12-15-28(16-13-21)19(2)23-11-7-9-20-8-5-6-10-24(20)23/h1,5-11,19,21-22,30H,12-18H2,2-3H3,(H2,26,27,31). The third-order valence-corrected chi connectivity index (χ3v) is 7.69. The summed E-state index contributed by atoms with van der Waals surface area (Å²) in [6, 6.07) is 14.2. The summed E-state index contributed by atoms with van der Waals surface area (Å²) in [5.41, 5.74) is 1.26. The van der Waals surface area contributed by atoms with Crippen LogP contribution >= 0.6 is 0 Å². The van der Waals surface area contributed by atoms with E-state index in [4.69, 9.17) is 6.42 Å². The van der Waals surface area contributed by atoms with Crippen molar-refractivity contribution in [3.05, 3.63) is 48.0 Å². The van der Waals surface area contributed by atoms with Gasteiger partial charge in [-0.3, -0.25) is 4.90 Å². The van der Waals surface area contributed by atoms with Gasteiger partial charge >= 0.3 is 6.03 Å². The molecule has 1 aliphatic heterocycles. The van der Waals surface area contributed by atoms with Crippen LogP contribution in [-0.4, -0.2) is 79.9 Å². The number of fused-ring (bicyclic) bond motifs is 1. The Morgan fingerprint density at radius 2 is 1.88 bits per heavy atom. The lowest BCUT2D eigenvalue weighted by atomic mass is 9.96. The van der Waals surface area contributed by atoms with E-state index in [0.29, 0.717) is 12.8 Å².